The Morgan fingerprint density at radius 3 is 2.61 bits per heavy atom. The highest BCUT2D eigenvalue weighted by Gasteiger charge is 2.31. The SMILES string of the molecule is CC(=O)Nc1ccc2c(CSc3nnc(-c4ccncc4)n3CC(F)(F)F)cc(=O)oc2c1. The van der Waals surface area contributed by atoms with Crippen LogP contribution >= 0.6 is 11.8 Å². The number of benzene rings is 1. The van der Waals surface area contributed by atoms with Gasteiger partial charge in [0.2, 0.25) is 5.91 Å². The van der Waals surface area contributed by atoms with Crippen molar-refractivity contribution in [1.82, 2.24) is 19.7 Å². The molecule has 4 aromatic rings. The van der Waals surface area contributed by atoms with Crippen molar-refractivity contribution in [3.05, 3.63) is 64.8 Å². The second kappa shape index (κ2) is 9.06. The number of nitrogens with zero attached hydrogens (tertiary/aromatic N) is 4. The summed E-state index contributed by atoms with van der Waals surface area (Å²) in [5.41, 5.74) is 1.08. The second-order valence-electron chi connectivity index (χ2n) is 7.01. The van der Waals surface area contributed by atoms with E-state index in [-0.39, 0.29) is 28.2 Å². The number of carbonyl (C=O) groups is 1. The summed E-state index contributed by atoms with van der Waals surface area (Å²) < 4.78 is 46.0. The number of fused-ring (bicyclic) bond motifs is 1. The van der Waals surface area contributed by atoms with E-state index in [0.717, 1.165) is 16.3 Å². The van der Waals surface area contributed by atoms with Crippen molar-refractivity contribution in [2.24, 2.45) is 0 Å². The largest absolute Gasteiger partial charge is 0.423 e. The molecule has 1 aromatic carbocycles. The first-order chi connectivity index (χ1) is 15.7. The molecule has 3 heterocycles. The van der Waals surface area contributed by atoms with Gasteiger partial charge in [-0.15, -0.1) is 10.2 Å². The number of aromatic nitrogens is 4. The maximum absolute atomic E-state index is 13.3. The van der Waals surface area contributed by atoms with Crippen LogP contribution in [0, 0.1) is 0 Å². The molecule has 3 aromatic heterocycles. The van der Waals surface area contributed by atoms with E-state index in [9.17, 15) is 22.8 Å². The number of carbonyl (C=O) groups excluding carboxylic acids is 1. The van der Waals surface area contributed by atoms with E-state index in [1.807, 2.05) is 0 Å². The number of hydrogen-bond donors (Lipinski definition) is 1. The van der Waals surface area contributed by atoms with E-state index in [1.54, 1.807) is 24.3 Å². The van der Waals surface area contributed by atoms with Gasteiger partial charge in [0.05, 0.1) is 0 Å². The van der Waals surface area contributed by atoms with Gasteiger partial charge in [-0.2, -0.15) is 13.2 Å². The van der Waals surface area contributed by atoms with Gasteiger partial charge in [0.1, 0.15) is 12.1 Å². The number of alkyl halides is 3. The highest BCUT2D eigenvalue weighted by Crippen LogP contribution is 2.31. The molecule has 0 atom stereocenters. The van der Waals surface area contributed by atoms with Crippen LogP contribution in [0.1, 0.15) is 12.5 Å². The predicted octanol–water partition coefficient (Wildman–Crippen LogP) is 4.26. The summed E-state index contributed by atoms with van der Waals surface area (Å²) in [4.78, 5) is 27.2. The number of thioether (sulfide) groups is 1. The molecule has 0 bridgehead atoms. The van der Waals surface area contributed by atoms with Gasteiger partial charge in [0, 0.05) is 53.8 Å². The third-order valence-electron chi connectivity index (χ3n) is 4.50. The Bertz CT molecular complexity index is 1370. The first-order valence-electron chi connectivity index (χ1n) is 9.57. The van der Waals surface area contributed by atoms with Gasteiger partial charge in [-0.05, 0) is 29.8 Å². The summed E-state index contributed by atoms with van der Waals surface area (Å²) >= 11 is 1.02. The zero-order chi connectivity index (χ0) is 23.6. The van der Waals surface area contributed by atoms with Crippen LogP contribution in [-0.4, -0.2) is 31.8 Å². The lowest BCUT2D eigenvalue weighted by atomic mass is 10.1. The number of halogens is 3. The van der Waals surface area contributed by atoms with Crippen molar-refractivity contribution < 1.29 is 22.4 Å². The quantitative estimate of drug-likeness (QED) is 0.328. The minimum Gasteiger partial charge on any atom is -0.423 e. The van der Waals surface area contributed by atoms with E-state index in [4.69, 9.17) is 4.42 Å². The van der Waals surface area contributed by atoms with Crippen molar-refractivity contribution in [2.45, 2.75) is 30.6 Å². The van der Waals surface area contributed by atoms with Crippen LogP contribution in [0.3, 0.4) is 0 Å². The fourth-order valence-corrected chi connectivity index (χ4v) is 4.13. The normalized spacial score (nSPS) is 11.6. The molecule has 0 aliphatic carbocycles. The summed E-state index contributed by atoms with van der Waals surface area (Å²) in [5.74, 6) is -0.0690. The molecule has 0 aliphatic rings. The maximum Gasteiger partial charge on any atom is 0.406 e. The summed E-state index contributed by atoms with van der Waals surface area (Å²) in [5, 5.41) is 11.1. The maximum atomic E-state index is 13.3. The minimum atomic E-state index is -4.49. The Morgan fingerprint density at radius 1 is 1.15 bits per heavy atom. The summed E-state index contributed by atoms with van der Waals surface area (Å²) in [6.45, 7) is 0.0858. The zero-order valence-corrected chi connectivity index (χ0v) is 17.9. The fourth-order valence-electron chi connectivity index (χ4n) is 3.20. The standard InChI is InChI=1S/C21H16F3N5O3S/c1-12(30)26-15-2-3-16-14(8-18(31)32-17(16)9-15)10-33-20-28-27-19(13-4-6-25-7-5-13)29(20)11-21(22,23)24/h2-9H,10-11H2,1H3,(H,26,30). The average Bonchev–Trinajstić information content (AvgIpc) is 3.12. The second-order valence-corrected chi connectivity index (χ2v) is 7.96. The molecule has 0 spiro atoms. The van der Waals surface area contributed by atoms with Gasteiger partial charge in [0.25, 0.3) is 0 Å². The molecule has 0 radical (unpaired) electrons. The Morgan fingerprint density at radius 2 is 1.91 bits per heavy atom. The van der Waals surface area contributed by atoms with Crippen molar-refractivity contribution in [3.63, 3.8) is 0 Å². The van der Waals surface area contributed by atoms with E-state index >= 15 is 0 Å². The van der Waals surface area contributed by atoms with Gasteiger partial charge in [0.15, 0.2) is 11.0 Å². The van der Waals surface area contributed by atoms with Crippen molar-refractivity contribution >= 4 is 34.3 Å². The number of hydrogen-bond acceptors (Lipinski definition) is 7. The van der Waals surface area contributed by atoms with Crippen LogP contribution in [0.5, 0.6) is 0 Å². The molecule has 0 fully saturated rings. The Hall–Kier alpha value is -3.67. The monoisotopic (exact) mass is 475 g/mol. The first kappa shape index (κ1) is 22.5. The van der Waals surface area contributed by atoms with Crippen molar-refractivity contribution in [1.29, 1.82) is 0 Å². The Kier molecular flexibility index (Phi) is 6.18. The lowest BCUT2D eigenvalue weighted by molar-refractivity contribution is -0.141. The molecular weight excluding hydrogens is 459 g/mol. The smallest absolute Gasteiger partial charge is 0.406 e. The molecule has 1 amide bonds. The predicted molar refractivity (Wildman–Crippen MR) is 116 cm³/mol. The molecule has 8 nitrogen and oxygen atoms in total. The number of pyridine rings is 1. The van der Waals surface area contributed by atoms with Crippen LogP contribution in [0.4, 0.5) is 18.9 Å². The van der Waals surface area contributed by atoms with Crippen LogP contribution in [0.25, 0.3) is 22.4 Å². The minimum absolute atomic E-state index is 0.0513. The summed E-state index contributed by atoms with van der Waals surface area (Å²) in [6.07, 6.45) is -1.57. The molecule has 0 saturated carbocycles. The van der Waals surface area contributed by atoms with Crippen LogP contribution in [0.15, 0.2) is 63.2 Å². The lowest BCUT2D eigenvalue weighted by Gasteiger charge is -2.13. The third-order valence-corrected chi connectivity index (χ3v) is 5.52. The number of amides is 1. The lowest BCUT2D eigenvalue weighted by Crippen LogP contribution is -2.19. The molecule has 0 saturated heterocycles. The van der Waals surface area contributed by atoms with Crippen LogP contribution in [-0.2, 0) is 17.1 Å². The van der Waals surface area contributed by atoms with Gasteiger partial charge >= 0.3 is 11.8 Å². The molecule has 4 rings (SSSR count). The molecule has 0 unspecified atom stereocenters. The molecule has 1 N–H and O–H groups in total. The van der Waals surface area contributed by atoms with Gasteiger partial charge < -0.3 is 9.73 Å². The van der Waals surface area contributed by atoms with Crippen LogP contribution in [0.2, 0.25) is 0 Å². The van der Waals surface area contributed by atoms with E-state index in [0.29, 0.717) is 22.2 Å². The number of anilines is 1. The molecule has 170 valence electrons. The molecular formula is C21H16F3N5O3S. The highest BCUT2D eigenvalue weighted by molar-refractivity contribution is 7.98. The topological polar surface area (TPSA) is 103 Å². The van der Waals surface area contributed by atoms with Gasteiger partial charge in [-0.3, -0.25) is 14.3 Å². The Labute approximate surface area is 188 Å². The highest BCUT2D eigenvalue weighted by atomic mass is 32.2. The molecule has 33 heavy (non-hydrogen) atoms. The average molecular weight is 475 g/mol. The van der Waals surface area contributed by atoms with E-state index < -0.39 is 18.3 Å². The van der Waals surface area contributed by atoms with Gasteiger partial charge in [-0.1, -0.05) is 11.8 Å². The van der Waals surface area contributed by atoms with E-state index in [2.05, 4.69) is 20.5 Å². The van der Waals surface area contributed by atoms with Crippen molar-refractivity contribution in [3.8, 4) is 11.4 Å². The first-order valence-corrected chi connectivity index (χ1v) is 10.6. The van der Waals surface area contributed by atoms with E-state index in [1.165, 1.54) is 31.5 Å². The van der Waals surface area contributed by atoms with Crippen molar-refractivity contribution in [2.75, 3.05) is 5.32 Å². The van der Waals surface area contributed by atoms with Crippen LogP contribution < -0.4 is 10.9 Å². The third kappa shape index (κ3) is 5.40. The molecule has 12 heteroatoms. The Balaban J connectivity index is 1.67. The zero-order valence-electron chi connectivity index (χ0n) is 17.1. The summed E-state index contributed by atoms with van der Waals surface area (Å²) in [6, 6.07) is 9.21. The summed E-state index contributed by atoms with van der Waals surface area (Å²) in [7, 11) is 0. The number of rotatable bonds is 6. The fraction of sp³-hybridized carbons (Fsp3) is 0.190. The number of nitrogens with one attached hydrogen (secondary N) is 1. The molecule has 0 aliphatic heterocycles. The van der Waals surface area contributed by atoms with Gasteiger partial charge in [-0.25, -0.2) is 4.79 Å².